The third-order valence-electron chi connectivity index (χ3n) is 2.81. The Morgan fingerprint density at radius 1 is 1.06 bits per heavy atom. The monoisotopic (exact) mass is 259 g/mol. The van der Waals surface area contributed by atoms with Gasteiger partial charge in [0.15, 0.2) is 0 Å². The fourth-order valence-corrected chi connectivity index (χ4v) is 2.00. The van der Waals surface area contributed by atoms with Crippen LogP contribution in [0.3, 0.4) is 0 Å². The first kappa shape index (κ1) is 14.3. The van der Waals surface area contributed by atoms with Crippen LogP contribution in [0.4, 0.5) is 4.79 Å². The molecule has 0 aliphatic carbocycles. The maximum absolute atomic E-state index is 11.8. The van der Waals surface area contributed by atoms with Crippen LogP contribution >= 0.6 is 0 Å². The zero-order valence-corrected chi connectivity index (χ0v) is 10.7. The maximum atomic E-state index is 11.8. The van der Waals surface area contributed by atoms with E-state index in [4.69, 9.17) is 4.74 Å². The Balaban J connectivity index is 2.92. The van der Waals surface area contributed by atoms with E-state index in [2.05, 4.69) is 9.47 Å². The molecule has 1 saturated heterocycles. The van der Waals surface area contributed by atoms with Gasteiger partial charge < -0.3 is 14.2 Å². The molecule has 102 valence electrons. The first-order valence-electron chi connectivity index (χ1n) is 5.67. The SMILES string of the molecule is CCOC(=O)N1C(C(=O)OC)CCC1C(=O)OC. The standard InChI is InChI=1S/C11H17NO6/c1-4-18-11(15)12-7(9(13)16-2)5-6-8(12)10(14)17-3/h7-8H,4-6H2,1-3H3. The van der Waals surface area contributed by atoms with E-state index in [0.29, 0.717) is 12.8 Å². The van der Waals surface area contributed by atoms with Crippen molar-refractivity contribution in [3.63, 3.8) is 0 Å². The molecule has 7 heteroatoms. The number of rotatable bonds is 3. The van der Waals surface area contributed by atoms with Gasteiger partial charge in [-0.3, -0.25) is 4.90 Å². The maximum Gasteiger partial charge on any atom is 0.411 e. The molecule has 0 aromatic heterocycles. The van der Waals surface area contributed by atoms with E-state index in [1.807, 2.05) is 0 Å². The topological polar surface area (TPSA) is 82.1 Å². The molecule has 7 nitrogen and oxygen atoms in total. The van der Waals surface area contributed by atoms with Gasteiger partial charge in [0.2, 0.25) is 0 Å². The summed E-state index contributed by atoms with van der Waals surface area (Å²) in [6, 6.07) is -1.59. The summed E-state index contributed by atoms with van der Waals surface area (Å²) in [5.74, 6) is -1.12. The van der Waals surface area contributed by atoms with Crippen molar-refractivity contribution in [1.82, 2.24) is 4.90 Å². The lowest BCUT2D eigenvalue weighted by Gasteiger charge is -2.26. The van der Waals surface area contributed by atoms with E-state index in [-0.39, 0.29) is 6.61 Å². The highest BCUT2D eigenvalue weighted by Crippen LogP contribution is 2.26. The number of ether oxygens (including phenoxy) is 3. The highest BCUT2D eigenvalue weighted by Gasteiger charge is 2.46. The Labute approximate surface area is 105 Å². The van der Waals surface area contributed by atoms with Gasteiger partial charge in [-0.15, -0.1) is 0 Å². The van der Waals surface area contributed by atoms with Gasteiger partial charge in [0.1, 0.15) is 12.1 Å². The Morgan fingerprint density at radius 2 is 1.50 bits per heavy atom. The molecule has 0 aromatic rings. The number of hydrogen-bond acceptors (Lipinski definition) is 6. The molecule has 0 spiro atoms. The summed E-state index contributed by atoms with van der Waals surface area (Å²) >= 11 is 0. The van der Waals surface area contributed by atoms with Crippen molar-refractivity contribution in [3.05, 3.63) is 0 Å². The van der Waals surface area contributed by atoms with Crippen LogP contribution in [0, 0.1) is 0 Å². The lowest BCUT2D eigenvalue weighted by Crippen LogP contribution is -2.48. The number of methoxy groups -OCH3 is 2. The van der Waals surface area contributed by atoms with Gasteiger partial charge >= 0.3 is 18.0 Å². The molecule has 1 aliphatic rings. The van der Waals surface area contributed by atoms with Crippen LogP contribution in [-0.4, -0.2) is 55.8 Å². The largest absolute Gasteiger partial charge is 0.467 e. The van der Waals surface area contributed by atoms with Crippen molar-refractivity contribution in [2.24, 2.45) is 0 Å². The average molecular weight is 259 g/mol. The van der Waals surface area contributed by atoms with E-state index < -0.39 is 30.1 Å². The predicted octanol–water partition coefficient (Wildman–Crippen LogP) is 0.322. The van der Waals surface area contributed by atoms with Crippen LogP contribution in [0.1, 0.15) is 19.8 Å². The summed E-state index contributed by atoms with van der Waals surface area (Å²) in [5, 5.41) is 0. The highest BCUT2D eigenvalue weighted by molar-refractivity contribution is 5.88. The minimum atomic E-state index is -0.793. The third kappa shape index (κ3) is 2.72. The number of nitrogens with zero attached hydrogens (tertiary/aromatic N) is 1. The van der Waals surface area contributed by atoms with Gasteiger partial charge in [-0.05, 0) is 19.8 Å². The lowest BCUT2D eigenvalue weighted by molar-refractivity contribution is -0.149. The van der Waals surface area contributed by atoms with Crippen LogP contribution < -0.4 is 0 Å². The summed E-state index contributed by atoms with van der Waals surface area (Å²) < 4.78 is 14.1. The molecular weight excluding hydrogens is 242 g/mol. The number of likely N-dealkylation sites (tertiary alicyclic amines) is 1. The summed E-state index contributed by atoms with van der Waals surface area (Å²) in [6.07, 6.45) is -0.00272. The van der Waals surface area contributed by atoms with Crippen LogP contribution in [0.2, 0.25) is 0 Å². The van der Waals surface area contributed by atoms with E-state index in [9.17, 15) is 14.4 Å². The number of amides is 1. The predicted molar refractivity (Wildman–Crippen MR) is 59.7 cm³/mol. The smallest absolute Gasteiger partial charge is 0.411 e. The molecule has 2 unspecified atom stereocenters. The van der Waals surface area contributed by atoms with Crippen LogP contribution in [-0.2, 0) is 23.8 Å². The van der Waals surface area contributed by atoms with Crippen molar-refractivity contribution in [2.75, 3.05) is 20.8 Å². The van der Waals surface area contributed by atoms with Gasteiger partial charge in [0.05, 0.1) is 20.8 Å². The first-order valence-corrected chi connectivity index (χ1v) is 5.67. The van der Waals surface area contributed by atoms with Gasteiger partial charge in [-0.2, -0.15) is 0 Å². The number of hydrogen-bond donors (Lipinski definition) is 0. The van der Waals surface area contributed by atoms with Gasteiger partial charge in [-0.1, -0.05) is 0 Å². The fraction of sp³-hybridized carbons (Fsp3) is 0.727. The van der Waals surface area contributed by atoms with Crippen molar-refractivity contribution < 1.29 is 28.6 Å². The first-order chi connectivity index (χ1) is 8.56. The van der Waals surface area contributed by atoms with Crippen molar-refractivity contribution in [3.8, 4) is 0 Å². The second kappa shape index (κ2) is 6.23. The normalized spacial score (nSPS) is 22.5. The third-order valence-corrected chi connectivity index (χ3v) is 2.81. The summed E-state index contributed by atoms with van der Waals surface area (Å²) in [7, 11) is 2.47. The van der Waals surface area contributed by atoms with E-state index >= 15 is 0 Å². The minimum Gasteiger partial charge on any atom is -0.467 e. The van der Waals surface area contributed by atoms with Gasteiger partial charge in [0.25, 0.3) is 0 Å². The number of carbonyl (C=O) groups excluding carboxylic acids is 3. The second-order valence-corrected chi connectivity index (χ2v) is 3.76. The van der Waals surface area contributed by atoms with Crippen LogP contribution in [0.15, 0.2) is 0 Å². The molecule has 0 bridgehead atoms. The summed E-state index contributed by atoms with van der Waals surface area (Å²) in [5.41, 5.74) is 0. The molecule has 1 fully saturated rings. The Bertz CT molecular complexity index is 318. The molecule has 1 aliphatic heterocycles. The molecular formula is C11H17NO6. The van der Waals surface area contributed by atoms with E-state index in [0.717, 1.165) is 4.90 Å². The molecule has 1 heterocycles. The Morgan fingerprint density at radius 3 is 1.83 bits per heavy atom. The van der Waals surface area contributed by atoms with E-state index in [1.54, 1.807) is 6.92 Å². The highest BCUT2D eigenvalue weighted by atomic mass is 16.6. The second-order valence-electron chi connectivity index (χ2n) is 3.76. The van der Waals surface area contributed by atoms with Crippen LogP contribution in [0.5, 0.6) is 0 Å². The summed E-state index contributed by atoms with van der Waals surface area (Å²) in [6.45, 7) is 1.81. The van der Waals surface area contributed by atoms with Crippen molar-refractivity contribution >= 4 is 18.0 Å². The average Bonchev–Trinajstić information content (AvgIpc) is 2.81. The van der Waals surface area contributed by atoms with Gasteiger partial charge in [0, 0.05) is 0 Å². The quantitative estimate of drug-likeness (QED) is 0.536. The zero-order valence-electron chi connectivity index (χ0n) is 10.7. The molecule has 18 heavy (non-hydrogen) atoms. The molecule has 0 N–H and O–H groups in total. The lowest BCUT2D eigenvalue weighted by atomic mass is 10.2. The fourth-order valence-electron chi connectivity index (χ4n) is 2.00. The molecule has 0 radical (unpaired) electrons. The van der Waals surface area contributed by atoms with Crippen LogP contribution in [0.25, 0.3) is 0 Å². The number of esters is 2. The summed E-state index contributed by atoms with van der Waals surface area (Å²) in [4.78, 5) is 36.0. The molecule has 2 atom stereocenters. The number of carbonyl (C=O) groups is 3. The minimum absolute atomic E-state index is 0.164. The van der Waals surface area contributed by atoms with Crippen molar-refractivity contribution in [2.45, 2.75) is 31.8 Å². The molecule has 1 amide bonds. The molecule has 1 rings (SSSR count). The Kier molecular flexibility index (Phi) is 4.94. The molecule has 0 aromatic carbocycles. The Hall–Kier alpha value is -1.79. The van der Waals surface area contributed by atoms with E-state index in [1.165, 1.54) is 14.2 Å². The van der Waals surface area contributed by atoms with Crippen molar-refractivity contribution in [1.29, 1.82) is 0 Å². The zero-order chi connectivity index (χ0) is 13.7. The molecule has 0 saturated carbocycles. The van der Waals surface area contributed by atoms with Gasteiger partial charge in [-0.25, -0.2) is 14.4 Å².